The summed E-state index contributed by atoms with van der Waals surface area (Å²) >= 11 is 2.19. The number of rotatable bonds is 4. The van der Waals surface area contributed by atoms with E-state index >= 15 is 0 Å². The van der Waals surface area contributed by atoms with Crippen LogP contribution in [0.4, 0.5) is 10.5 Å². The minimum atomic E-state index is -0.783. The fourth-order valence-electron chi connectivity index (χ4n) is 2.19. The molecule has 21 heavy (non-hydrogen) atoms. The molecular weight excluding hydrogens is 385 g/mol. The molecule has 0 saturated carbocycles. The van der Waals surface area contributed by atoms with Crippen LogP contribution in [0, 0.1) is 3.57 Å². The zero-order chi connectivity index (χ0) is 15.2. The Hall–Kier alpha value is -1.35. The first-order valence-corrected chi connectivity index (χ1v) is 7.89. The molecule has 1 aliphatic rings. The Morgan fingerprint density at radius 3 is 2.48 bits per heavy atom. The number of urea groups is 1. The average Bonchev–Trinajstić information content (AvgIpc) is 2.48. The summed E-state index contributed by atoms with van der Waals surface area (Å²) in [4.78, 5) is 26.6. The molecule has 1 heterocycles. The minimum Gasteiger partial charge on any atom is -0.481 e. The number of carboxylic acids is 1. The van der Waals surface area contributed by atoms with Crippen LogP contribution in [0.2, 0.25) is 0 Å². The molecule has 0 radical (unpaired) electrons. The number of hydrogen-bond donors (Lipinski definition) is 2. The van der Waals surface area contributed by atoms with Crippen molar-refractivity contribution < 1.29 is 14.7 Å². The molecule has 2 N–H and O–H groups in total. The highest BCUT2D eigenvalue weighted by Gasteiger charge is 2.21. The van der Waals surface area contributed by atoms with E-state index in [9.17, 15) is 9.59 Å². The molecule has 0 bridgehead atoms. The van der Waals surface area contributed by atoms with Crippen LogP contribution >= 0.6 is 22.6 Å². The fourth-order valence-corrected chi connectivity index (χ4v) is 2.71. The van der Waals surface area contributed by atoms with Gasteiger partial charge in [0.1, 0.15) is 0 Å². The smallest absolute Gasteiger partial charge is 0.321 e. The average molecular weight is 403 g/mol. The van der Waals surface area contributed by atoms with Crippen molar-refractivity contribution in [2.45, 2.75) is 6.42 Å². The third-order valence-electron chi connectivity index (χ3n) is 3.42. The molecule has 2 rings (SSSR count). The van der Waals surface area contributed by atoms with Crippen molar-refractivity contribution in [3.63, 3.8) is 0 Å². The highest BCUT2D eigenvalue weighted by atomic mass is 127. The van der Waals surface area contributed by atoms with E-state index in [1.54, 1.807) is 4.90 Å². The van der Waals surface area contributed by atoms with Gasteiger partial charge in [-0.05, 0) is 34.7 Å². The number of piperazine rings is 1. The quantitative estimate of drug-likeness (QED) is 0.754. The van der Waals surface area contributed by atoms with Crippen LogP contribution in [-0.4, -0.2) is 59.6 Å². The number of hydrogen-bond acceptors (Lipinski definition) is 3. The van der Waals surface area contributed by atoms with E-state index in [1.165, 1.54) is 0 Å². The van der Waals surface area contributed by atoms with Crippen molar-refractivity contribution in [3.8, 4) is 0 Å². The zero-order valence-corrected chi connectivity index (χ0v) is 13.7. The summed E-state index contributed by atoms with van der Waals surface area (Å²) in [6, 6.07) is 7.54. The van der Waals surface area contributed by atoms with Gasteiger partial charge in [0.25, 0.3) is 0 Å². The van der Waals surface area contributed by atoms with Crippen molar-refractivity contribution in [2.24, 2.45) is 0 Å². The monoisotopic (exact) mass is 403 g/mol. The summed E-state index contributed by atoms with van der Waals surface area (Å²) in [6.45, 7) is 3.21. The molecule has 0 atom stereocenters. The van der Waals surface area contributed by atoms with Crippen LogP contribution in [0.1, 0.15) is 6.42 Å². The molecule has 1 aromatic carbocycles. The maximum Gasteiger partial charge on any atom is 0.321 e. The summed E-state index contributed by atoms with van der Waals surface area (Å²) in [5, 5.41) is 11.6. The number of halogens is 1. The molecule has 0 unspecified atom stereocenters. The molecule has 0 aliphatic carbocycles. The Morgan fingerprint density at radius 1 is 1.19 bits per heavy atom. The molecule has 1 saturated heterocycles. The highest BCUT2D eigenvalue weighted by molar-refractivity contribution is 14.1. The topological polar surface area (TPSA) is 72.9 Å². The lowest BCUT2D eigenvalue weighted by molar-refractivity contribution is -0.137. The Morgan fingerprint density at radius 2 is 1.86 bits per heavy atom. The molecule has 0 spiro atoms. The lowest BCUT2D eigenvalue weighted by Crippen LogP contribution is -2.50. The second-order valence-electron chi connectivity index (χ2n) is 4.88. The number of carbonyl (C=O) groups is 2. The van der Waals surface area contributed by atoms with Crippen molar-refractivity contribution in [3.05, 3.63) is 27.8 Å². The number of carboxylic acid groups (broad SMARTS) is 1. The molecule has 114 valence electrons. The largest absolute Gasteiger partial charge is 0.481 e. The molecule has 1 aliphatic heterocycles. The second-order valence-corrected chi connectivity index (χ2v) is 6.04. The fraction of sp³-hybridized carbons (Fsp3) is 0.429. The standard InChI is InChI=1S/C14H18IN3O3/c15-11-3-1-2-4-12(11)16-14(21)18-9-7-17(8-10-18)6-5-13(19)20/h1-4H,5-10H2,(H,16,21)(H,19,20). The molecule has 2 amide bonds. The summed E-state index contributed by atoms with van der Waals surface area (Å²) in [6.07, 6.45) is 0.147. The van der Waals surface area contributed by atoms with Gasteiger partial charge in [-0.2, -0.15) is 0 Å². The number of carbonyl (C=O) groups excluding carboxylic acids is 1. The van der Waals surface area contributed by atoms with Crippen molar-refractivity contribution >= 4 is 40.3 Å². The van der Waals surface area contributed by atoms with Gasteiger partial charge in [-0.3, -0.25) is 9.69 Å². The highest BCUT2D eigenvalue weighted by Crippen LogP contribution is 2.17. The Balaban J connectivity index is 1.81. The Bertz CT molecular complexity index is 516. The number of amides is 2. The first-order chi connectivity index (χ1) is 10.1. The third-order valence-corrected chi connectivity index (χ3v) is 4.36. The zero-order valence-electron chi connectivity index (χ0n) is 11.6. The van der Waals surface area contributed by atoms with Crippen LogP contribution < -0.4 is 5.32 Å². The van der Waals surface area contributed by atoms with Gasteiger partial charge < -0.3 is 15.3 Å². The van der Waals surface area contributed by atoms with E-state index in [2.05, 4.69) is 32.8 Å². The van der Waals surface area contributed by atoms with Crippen molar-refractivity contribution in [2.75, 3.05) is 38.0 Å². The van der Waals surface area contributed by atoms with Crippen LogP contribution in [0.5, 0.6) is 0 Å². The van der Waals surface area contributed by atoms with Gasteiger partial charge in [-0.1, -0.05) is 12.1 Å². The van der Waals surface area contributed by atoms with Crippen LogP contribution in [0.3, 0.4) is 0 Å². The van der Waals surface area contributed by atoms with Gasteiger partial charge in [0.05, 0.1) is 12.1 Å². The van der Waals surface area contributed by atoms with Gasteiger partial charge >= 0.3 is 12.0 Å². The number of benzene rings is 1. The molecular formula is C14H18IN3O3. The normalized spacial score (nSPS) is 15.8. The van der Waals surface area contributed by atoms with Gasteiger partial charge in [0, 0.05) is 36.3 Å². The van der Waals surface area contributed by atoms with Crippen LogP contribution in [-0.2, 0) is 4.79 Å². The van der Waals surface area contributed by atoms with E-state index in [0.717, 1.165) is 9.26 Å². The maximum atomic E-state index is 12.2. The number of para-hydroxylation sites is 1. The summed E-state index contributed by atoms with van der Waals surface area (Å²) < 4.78 is 1.00. The van der Waals surface area contributed by atoms with Crippen LogP contribution in [0.15, 0.2) is 24.3 Å². The van der Waals surface area contributed by atoms with Gasteiger partial charge in [-0.15, -0.1) is 0 Å². The molecule has 1 aromatic rings. The van der Waals surface area contributed by atoms with E-state index in [0.29, 0.717) is 32.7 Å². The van der Waals surface area contributed by atoms with E-state index in [-0.39, 0.29) is 12.5 Å². The minimum absolute atomic E-state index is 0.1000. The predicted molar refractivity (Wildman–Crippen MR) is 88.4 cm³/mol. The maximum absolute atomic E-state index is 12.2. The number of nitrogens with zero attached hydrogens (tertiary/aromatic N) is 2. The number of nitrogens with one attached hydrogen (secondary N) is 1. The molecule has 1 fully saturated rings. The second kappa shape index (κ2) is 7.60. The van der Waals surface area contributed by atoms with Crippen molar-refractivity contribution in [1.29, 1.82) is 0 Å². The van der Waals surface area contributed by atoms with Gasteiger partial charge in [0.15, 0.2) is 0 Å². The predicted octanol–water partition coefficient (Wildman–Crippen LogP) is 1.92. The number of anilines is 1. The molecule has 0 aromatic heterocycles. The SMILES string of the molecule is O=C(O)CCN1CCN(C(=O)Nc2ccccc2I)CC1. The van der Waals surface area contributed by atoms with Gasteiger partial charge in [0.2, 0.25) is 0 Å². The summed E-state index contributed by atoms with van der Waals surface area (Å²) in [5.41, 5.74) is 0.816. The molecule has 7 heteroatoms. The van der Waals surface area contributed by atoms with Crippen molar-refractivity contribution in [1.82, 2.24) is 9.80 Å². The van der Waals surface area contributed by atoms with E-state index in [1.807, 2.05) is 24.3 Å². The first-order valence-electron chi connectivity index (χ1n) is 6.81. The van der Waals surface area contributed by atoms with E-state index in [4.69, 9.17) is 5.11 Å². The number of aliphatic carboxylic acids is 1. The summed E-state index contributed by atoms with van der Waals surface area (Å²) in [7, 11) is 0. The lowest BCUT2D eigenvalue weighted by atomic mass is 10.3. The third kappa shape index (κ3) is 4.85. The Kier molecular flexibility index (Phi) is 5.80. The Labute approximate surface area is 137 Å². The van der Waals surface area contributed by atoms with Gasteiger partial charge in [-0.25, -0.2) is 4.79 Å². The van der Waals surface area contributed by atoms with E-state index < -0.39 is 5.97 Å². The lowest BCUT2D eigenvalue weighted by Gasteiger charge is -2.34. The van der Waals surface area contributed by atoms with Crippen LogP contribution in [0.25, 0.3) is 0 Å². The molecule has 6 nitrogen and oxygen atoms in total. The first kappa shape index (κ1) is 16.0. The summed E-state index contributed by atoms with van der Waals surface area (Å²) in [5.74, 6) is -0.783.